The van der Waals surface area contributed by atoms with Crippen LogP contribution in [0.15, 0.2) is 42.5 Å². The maximum atomic E-state index is 12.0. The molecule has 12 heteroatoms. The van der Waals surface area contributed by atoms with Crippen LogP contribution in [0.2, 0.25) is 0 Å². The second-order valence-electron chi connectivity index (χ2n) is 7.23. The van der Waals surface area contributed by atoms with E-state index in [2.05, 4.69) is 16.0 Å². The van der Waals surface area contributed by atoms with E-state index in [1.54, 1.807) is 30.3 Å². The van der Waals surface area contributed by atoms with E-state index in [1.807, 2.05) is 0 Å². The van der Waals surface area contributed by atoms with E-state index in [4.69, 9.17) is 4.74 Å². The molecule has 1 aliphatic heterocycles. The molecule has 5 amide bonds. The number of carbonyl (C=O) groups is 6. The second kappa shape index (κ2) is 13.5. The number of nitrogens with one attached hydrogen (secondary N) is 3. The molecule has 1 aliphatic rings. The predicted octanol–water partition coefficient (Wildman–Crippen LogP) is -1.64. The predicted molar refractivity (Wildman–Crippen MR) is 117 cm³/mol. The first-order valence-corrected chi connectivity index (χ1v) is 10.5. The van der Waals surface area contributed by atoms with Gasteiger partial charge in [-0.15, -0.1) is 0 Å². The van der Waals surface area contributed by atoms with E-state index in [0.717, 1.165) is 10.5 Å². The van der Waals surface area contributed by atoms with Gasteiger partial charge in [0.2, 0.25) is 17.7 Å². The zero-order chi connectivity index (χ0) is 24.9. The van der Waals surface area contributed by atoms with Gasteiger partial charge in [-0.25, -0.2) is 4.79 Å². The van der Waals surface area contributed by atoms with Crippen LogP contribution in [0.5, 0.6) is 0 Å². The Labute approximate surface area is 195 Å². The lowest BCUT2D eigenvalue weighted by Crippen LogP contribution is -2.47. The van der Waals surface area contributed by atoms with Crippen LogP contribution in [0.3, 0.4) is 0 Å². The second-order valence-corrected chi connectivity index (χ2v) is 7.23. The molecule has 0 saturated heterocycles. The Balaban J connectivity index is 1.57. The number of hydrogen-bond acceptors (Lipinski definition) is 7. The van der Waals surface area contributed by atoms with Gasteiger partial charge in [0.15, 0.2) is 0 Å². The van der Waals surface area contributed by atoms with Crippen LogP contribution < -0.4 is 16.0 Å². The average Bonchev–Trinajstić information content (AvgIpc) is 3.13. The minimum atomic E-state index is -1.20. The highest BCUT2D eigenvalue weighted by atomic mass is 16.5. The Bertz CT molecular complexity index is 929. The Morgan fingerprint density at radius 1 is 0.882 bits per heavy atom. The number of imide groups is 1. The number of aliphatic carboxylic acids is 1. The molecule has 182 valence electrons. The van der Waals surface area contributed by atoms with Crippen molar-refractivity contribution in [2.45, 2.75) is 18.9 Å². The SMILES string of the molecule is O=C(CCOCCN1C(=O)C=CC1=O)NCC(=O)NCC(=O)NC(Cc1ccccc1)C(=O)O. The van der Waals surface area contributed by atoms with Gasteiger partial charge in [-0.2, -0.15) is 0 Å². The van der Waals surface area contributed by atoms with Crippen molar-refractivity contribution >= 4 is 35.5 Å². The molecule has 12 nitrogen and oxygen atoms in total. The number of carboxylic acids is 1. The number of ether oxygens (including phenoxy) is 1. The molecule has 0 radical (unpaired) electrons. The van der Waals surface area contributed by atoms with E-state index in [0.29, 0.717) is 0 Å². The fourth-order valence-electron chi connectivity index (χ4n) is 2.88. The summed E-state index contributed by atoms with van der Waals surface area (Å²) >= 11 is 0. The van der Waals surface area contributed by atoms with Gasteiger partial charge in [0.05, 0.1) is 32.8 Å². The molecule has 0 spiro atoms. The molecule has 1 unspecified atom stereocenters. The van der Waals surface area contributed by atoms with Gasteiger partial charge in [0.25, 0.3) is 11.8 Å². The summed E-state index contributed by atoms with van der Waals surface area (Å²) < 4.78 is 5.21. The monoisotopic (exact) mass is 474 g/mol. The summed E-state index contributed by atoms with van der Waals surface area (Å²) in [6, 6.07) is 7.64. The third-order valence-corrected chi connectivity index (χ3v) is 4.64. The van der Waals surface area contributed by atoms with Crippen LogP contribution >= 0.6 is 0 Å². The van der Waals surface area contributed by atoms with Crippen molar-refractivity contribution in [3.8, 4) is 0 Å². The summed E-state index contributed by atoms with van der Waals surface area (Å²) in [5.74, 6) is -3.81. The van der Waals surface area contributed by atoms with E-state index >= 15 is 0 Å². The largest absolute Gasteiger partial charge is 0.480 e. The smallest absolute Gasteiger partial charge is 0.326 e. The molecule has 1 aromatic rings. The van der Waals surface area contributed by atoms with Gasteiger partial charge in [-0.05, 0) is 5.56 Å². The lowest BCUT2D eigenvalue weighted by atomic mass is 10.1. The van der Waals surface area contributed by atoms with Crippen molar-refractivity contribution in [2.75, 3.05) is 32.8 Å². The summed E-state index contributed by atoms with van der Waals surface area (Å²) in [6.07, 6.45) is 2.38. The zero-order valence-electron chi connectivity index (χ0n) is 18.3. The van der Waals surface area contributed by atoms with Crippen molar-refractivity contribution in [3.05, 3.63) is 48.0 Å². The van der Waals surface area contributed by atoms with Crippen molar-refractivity contribution in [2.24, 2.45) is 0 Å². The Kier molecular flexibility index (Phi) is 10.4. The maximum absolute atomic E-state index is 12.0. The van der Waals surface area contributed by atoms with Crippen LogP contribution in [0, 0.1) is 0 Å². The highest BCUT2D eigenvalue weighted by molar-refractivity contribution is 6.12. The molecule has 0 aromatic heterocycles. The molecule has 2 rings (SSSR count). The lowest BCUT2D eigenvalue weighted by Gasteiger charge is -2.15. The molecule has 0 bridgehead atoms. The Morgan fingerprint density at radius 2 is 1.50 bits per heavy atom. The summed E-state index contributed by atoms with van der Waals surface area (Å²) in [4.78, 5) is 70.7. The summed E-state index contributed by atoms with van der Waals surface area (Å²) in [7, 11) is 0. The van der Waals surface area contributed by atoms with Crippen LogP contribution in [0.25, 0.3) is 0 Å². The van der Waals surface area contributed by atoms with Crippen LogP contribution in [-0.4, -0.2) is 84.4 Å². The van der Waals surface area contributed by atoms with Crippen molar-refractivity contribution in [1.29, 1.82) is 0 Å². The summed E-state index contributed by atoms with van der Waals surface area (Å²) in [6.45, 7) is -0.647. The van der Waals surface area contributed by atoms with Crippen molar-refractivity contribution in [1.82, 2.24) is 20.9 Å². The molecular formula is C22H26N4O8. The first kappa shape index (κ1) is 26.2. The lowest BCUT2D eigenvalue weighted by molar-refractivity contribution is -0.141. The molecule has 4 N–H and O–H groups in total. The van der Waals surface area contributed by atoms with E-state index < -0.39 is 48.1 Å². The Hall–Kier alpha value is -4.06. The number of amides is 5. The molecule has 0 fully saturated rings. The normalized spacial score (nSPS) is 13.5. The van der Waals surface area contributed by atoms with E-state index in [1.165, 1.54) is 12.2 Å². The topological polar surface area (TPSA) is 171 Å². The molecular weight excluding hydrogens is 448 g/mol. The van der Waals surface area contributed by atoms with E-state index in [-0.39, 0.29) is 39.1 Å². The molecule has 34 heavy (non-hydrogen) atoms. The Morgan fingerprint density at radius 3 is 2.15 bits per heavy atom. The number of hydrogen-bond donors (Lipinski definition) is 4. The van der Waals surface area contributed by atoms with Crippen molar-refractivity contribution < 1.29 is 38.6 Å². The number of rotatable bonds is 14. The minimum absolute atomic E-state index is 0.0253. The van der Waals surface area contributed by atoms with Gasteiger partial charge in [-0.3, -0.25) is 28.9 Å². The van der Waals surface area contributed by atoms with Gasteiger partial charge < -0.3 is 25.8 Å². The average molecular weight is 474 g/mol. The number of carboxylic acid groups (broad SMARTS) is 1. The van der Waals surface area contributed by atoms with Gasteiger partial charge >= 0.3 is 5.97 Å². The highest BCUT2D eigenvalue weighted by Gasteiger charge is 2.22. The minimum Gasteiger partial charge on any atom is -0.480 e. The molecule has 1 aromatic carbocycles. The number of benzene rings is 1. The van der Waals surface area contributed by atoms with Gasteiger partial charge in [-0.1, -0.05) is 30.3 Å². The third-order valence-electron chi connectivity index (χ3n) is 4.64. The first-order chi connectivity index (χ1) is 16.3. The zero-order valence-corrected chi connectivity index (χ0v) is 18.3. The molecule has 0 aliphatic carbocycles. The van der Waals surface area contributed by atoms with Gasteiger partial charge in [0, 0.05) is 25.0 Å². The van der Waals surface area contributed by atoms with Crippen LogP contribution in [0.1, 0.15) is 12.0 Å². The molecule has 0 saturated carbocycles. The first-order valence-electron chi connectivity index (χ1n) is 10.5. The van der Waals surface area contributed by atoms with Gasteiger partial charge in [0.1, 0.15) is 6.04 Å². The fraction of sp³-hybridized carbons (Fsp3) is 0.364. The summed E-state index contributed by atoms with van der Waals surface area (Å²) in [5.41, 5.74) is 0.737. The van der Waals surface area contributed by atoms with Crippen LogP contribution in [-0.2, 0) is 39.9 Å². The number of nitrogens with zero attached hydrogens (tertiary/aromatic N) is 1. The van der Waals surface area contributed by atoms with Crippen molar-refractivity contribution in [3.63, 3.8) is 0 Å². The summed E-state index contributed by atoms with van der Waals surface area (Å²) in [5, 5.41) is 16.3. The molecule has 1 atom stereocenters. The maximum Gasteiger partial charge on any atom is 0.326 e. The number of carbonyl (C=O) groups excluding carboxylic acids is 5. The quantitative estimate of drug-likeness (QED) is 0.184. The fourth-order valence-corrected chi connectivity index (χ4v) is 2.88. The van der Waals surface area contributed by atoms with E-state index in [9.17, 15) is 33.9 Å². The standard InChI is InChI=1S/C22H26N4O8/c27-17(8-10-34-11-9-26-20(30)6-7-21(26)31)23-13-18(28)24-14-19(29)25-16(22(32)33)12-15-4-2-1-3-5-15/h1-7,16H,8-14H2,(H,23,27)(H,24,28)(H,25,29)(H,32,33). The molecule has 1 heterocycles. The highest BCUT2D eigenvalue weighted by Crippen LogP contribution is 2.04. The third kappa shape index (κ3) is 9.20. The van der Waals surface area contributed by atoms with Crippen LogP contribution in [0.4, 0.5) is 0 Å².